The van der Waals surface area contributed by atoms with Crippen LogP contribution in [0.2, 0.25) is 0 Å². The molecule has 1 atom stereocenters. The SMILES string of the molecule is Cc1cccc(C)c1OC(=O)[C@@H](C)N. The fourth-order valence-electron chi connectivity index (χ4n) is 1.15. The van der Waals surface area contributed by atoms with Crippen molar-refractivity contribution in [1.29, 1.82) is 0 Å². The number of rotatable bonds is 2. The Bertz CT molecular complexity index is 325. The van der Waals surface area contributed by atoms with Crippen LogP contribution >= 0.6 is 0 Å². The van der Waals surface area contributed by atoms with Crippen LogP contribution in [0.4, 0.5) is 0 Å². The van der Waals surface area contributed by atoms with Crippen LogP contribution in [0.25, 0.3) is 0 Å². The first-order valence-corrected chi connectivity index (χ1v) is 4.56. The zero-order valence-corrected chi connectivity index (χ0v) is 8.70. The Morgan fingerprint density at radius 1 is 1.36 bits per heavy atom. The molecular formula is C11H15NO2. The summed E-state index contributed by atoms with van der Waals surface area (Å²) in [6.07, 6.45) is 0. The number of nitrogens with two attached hydrogens (primary N) is 1. The fourth-order valence-corrected chi connectivity index (χ4v) is 1.15. The van der Waals surface area contributed by atoms with E-state index >= 15 is 0 Å². The molecule has 0 bridgehead atoms. The summed E-state index contributed by atoms with van der Waals surface area (Å²) < 4.78 is 5.17. The lowest BCUT2D eigenvalue weighted by molar-refractivity contribution is -0.135. The van der Waals surface area contributed by atoms with Crippen LogP contribution in [0.3, 0.4) is 0 Å². The summed E-state index contributed by atoms with van der Waals surface area (Å²) in [5, 5.41) is 0. The molecule has 0 fully saturated rings. The summed E-state index contributed by atoms with van der Waals surface area (Å²) >= 11 is 0. The monoisotopic (exact) mass is 193 g/mol. The number of carbonyl (C=O) groups excluding carboxylic acids is 1. The molecule has 1 aromatic rings. The Morgan fingerprint density at radius 3 is 2.29 bits per heavy atom. The minimum atomic E-state index is -0.589. The van der Waals surface area contributed by atoms with Gasteiger partial charge in [-0.1, -0.05) is 18.2 Å². The van der Waals surface area contributed by atoms with Crippen LogP contribution in [-0.2, 0) is 4.79 Å². The molecule has 0 aromatic heterocycles. The Labute approximate surface area is 83.9 Å². The Balaban J connectivity index is 2.91. The molecule has 0 unspecified atom stereocenters. The molecule has 0 amide bonds. The summed E-state index contributed by atoms with van der Waals surface area (Å²) in [5.74, 6) is 0.220. The zero-order chi connectivity index (χ0) is 10.7. The van der Waals surface area contributed by atoms with Gasteiger partial charge in [0, 0.05) is 0 Å². The molecule has 0 aliphatic carbocycles. The molecule has 0 aliphatic rings. The van der Waals surface area contributed by atoms with Gasteiger partial charge in [0.2, 0.25) is 0 Å². The third-order valence-electron chi connectivity index (χ3n) is 1.98. The lowest BCUT2D eigenvalue weighted by Gasteiger charge is -2.11. The molecule has 0 spiro atoms. The molecule has 14 heavy (non-hydrogen) atoms. The number of hydrogen-bond donors (Lipinski definition) is 1. The number of aryl methyl sites for hydroxylation is 2. The van der Waals surface area contributed by atoms with Gasteiger partial charge >= 0.3 is 5.97 Å². The van der Waals surface area contributed by atoms with Crippen LogP contribution in [0.5, 0.6) is 5.75 Å². The van der Waals surface area contributed by atoms with E-state index in [4.69, 9.17) is 10.5 Å². The topological polar surface area (TPSA) is 52.3 Å². The molecular weight excluding hydrogens is 178 g/mol. The first kappa shape index (κ1) is 10.7. The Kier molecular flexibility index (Phi) is 3.25. The van der Waals surface area contributed by atoms with E-state index in [1.807, 2.05) is 32.0 Å². The highest BCUT2D eigenvalue weighted by Gasteiger charge is 2.12. The minimum Gasteiger partial charge on any atom is -0.425 e. The lowest BCUT2D eigenvalue weighted by Crippen LogP contribution is -2.31. The lowest BCUT2D eigenvalue weighted by atomic mass is 10.1. The maximum atomic E-state index is 11.3. The van der Waals surface area contributed by atoms with Gasteiger partial charge in [-0.3, -0.25) is 0 Å². The smallest absolute Gasteiger partial charge is 0.328 e. The number of benzene rings is 1. The van der Waals surface area contributed by atoms with Gasteiger partial charge in [-0.2, -0.15) is 0 Å². The van der Waals surface area contributed by atoms with Crippen molar-refractivity contribution in [3.05, 3.63) is 29.3 Å². The van der Waals surface area contributed by atoms with Crippen molar-refractivity contribution in [3.8, 4) is 5.75 Å². The molecule has 0 radical (unpaired) electrons. The van der Waals surface area contributed by atoms with Crippen LogP contribution in [0.1, 0.15) is 18.1 Å². The number of para-hydroxylation sites is 1. The van der Waals surface area contributed by atoms with E-state index in [0.717, 1.165) is 11.1 Å². The third-order valence-corrected chi connectivity index (χ3v) is 1.98. The molecule has 3 nitrogen and oxygen atoms in total. The van der Waals surface area contributed by atoms with Crippen molar-refractivity contribution >= 4 is 5.97 Å². The van der Waals surface area contributed by atoms with Gasteiger partial charge in [0.1, 0.15) is 11.8 Å². The van der Waals surface area contributed by atoms with Crippen LogP contribution in [-0.4, -0.2) is 12.0 Å². The van der Waals surface area contributed by atoms with Crippen molar-refractivity contribution in [3.63, 3.8) is 0 Å². The molecule has 1 rings (SSSR count). The van der Waals surface area contributed by atoms with E-state index in [-0.39, 0.29) is 0 Å². The molecule has 2 N–H and O–H groups in total. The predicted molar refractivity (Wildman–Crippen MR) is 55.2 cm³/mol. The minimum absolute atomic E-state index is 0.401. The second kappa shape index (κ2) is 4.24. The highest BCUT2D eigenvalue weighted by Crippen LogP contribution is 2.22. The highest BCUT2D eigenvalue weighted by atomic mass is 16.5. The average Bonchev–Trinajstić information content (AvgIpc) is 2.11. The highest BCUT2D eigenvalue weighted by molar-refractivity contribution is 5.78. The summed E-state index contributed by atoms with van der Waals surface area (Å²) in [5.41, 5.74) is 7.30. The van der Waals surface area contributed by atoms with E-state index in [1.165, 1.54) is 0 Å². The van der Waals surface area contributed by atoms with Crippen molar-refractivity contribution in [2.75, 3.05) is 0 Å². The largest absolute Gasteiger partial charge is 0.425 e. The Morgan fingerprint density at radius 2 is 1.86 bits per heavy atom. The summed E-state index contributed by atoms with van der Waals surface area (Å²) in [6.45, 7) is 5.41. The molecule has 1 aromatic carbocycles. The van der Waals surface area contributed by atoms with Crippen molar-refractivity contribution < 1.29 is 9.53 Å². The molecule has 0 saturated heterocycles. The number of esters is 1. The Hall–Kier alpha value is -1.35. The van der Waals surface area contributed by atoms with Gasteiger partial charge in [-0.25, -0.2) is 4.79 Å². The average molecular weight is 193 g/mol. The number of ether oxygens (including phenoxy) is 1. The second-order valence-electron chi connectivity index (χ2n) is 3.43. The summed E-state index contributed by atoms with van der Waals surface area (Å²) in [7, 11) is 0. The number of hydrogen-bond acceptors (Lipinski definition) is 3. The van der Waals surface area contributed by atoms with E-state index in [9.17, 15) is 4.79 Å². The summed E-state index contributed by atoms with van der Waals surface area (Å²) in [4.78, 5) is 11.3. The molecule has 3 heteroatoms. The number of carbonyl (C=O) groups is 1. The van der Waals surface area contributed by atoms with Gasteiger partial charge in [0.25, 0.3) is 0 Å². The predicted octanol–water partition coefficient (Wildman–Crippen LogP) is 1.56. The van der Waals surface area contributed by atoms with Crippen LogP contribution in [0.15, 0.2) is 18.2 Å². The first-order valence-electron chi connectivity index (χ1n) is 4.56. The van der Waals surface area contributed by atoms with Crippen LogP contribution < -0.4 is 10.5 Å². The van der Waals surface area contributed by atoms with Gasteiger partial charge in [0.15, 0.2) is 0 Å². The van der Waals surface area contributed by atoms with Crippen LogP contribution in [0, 0.1) is 13.8 Å². The van der Waals surface area contributed by atoms with E-state index in [0.29, 0.717) is 5.75 Å². The van der Waals surface area contributed by atoms with Crippen molar-refractivity contribution in [1.82, 2.24) is 0 Å². The van der Waals surface area contributed by atoms with Crippen molar-refractivity contribution in [2.24, 2.45) is 5.73 Å². The molecule has 0 saturated carbocycles. The van der Waals surface area contributed by atoms with Gasteiger partial charge in [-0.05, 0) is 31.9 Å². The quantitative estimate of drug-likeness (QED) is 0.572. The maximum absolute atomic E-state index is 11.3. The van der Waals surface area contributed by atoms with E-state index in [2.05, 4.69) is 0 Å². The molecule has 76 valence electrons. The normalized spacial score (nSPS) is 12.3. The first-order chi connectivity index (χ1) is 6.52. The standard InChI is InChI=1S/C11H15NO2/c1-7-5-4-6-8(2)10(7)14-11(13)9(3)12/h4-6,9H,12H2,1-3H3/t9-/m1/s1. The van der Waals surface area contributed by atoms with E-state index < -0.39 is 12.0 Å². The van der Waals surface area contributed by atoms with E-state index in [1.54, 1.807) is 6.92 Å². The molecule has 0 heterocycles. The summed E-state index contributed by atoms with van der Waals surface area (Å²) in [6, 6.07) is 5.13. The van der Waals surface area contributed by atoms with Crippen molar-refractivity contribution in [2.45, 2.75) is 26.8 Å². The molecule has 0 aliphatic heterocycles. The third kappa shape index (κ3) is 2.33. The fraction of sp³-hybridized carbons (Fsp3) is 0.364. The maximum Gasteiger partial charge on any atom is 0.328 e. The second-order valence-corrected chi connectivity index (χ2v) is 3.43. The zero-order valence-electron chi connectivity index (χ0n) is 8.70. The van der Waals surface area contributed by atoms with Gasteiger partial charge in [0.05, 0.1) is 0 Å². The van der Waals surface area contributed by atoms with Gasteiger partial charge < -0.3 is 10.5 Å². The van der Waals surface area contributed by atoms with Gasteiger partial charge in [-0.15, -0.1) is 0 Å².